The van der Waals surface area contributed by atoms with Gasteiger partial charge in [0.2, 0.25) is 0 Å². The molecule has 2 rings (SSSR count). The van der Waals surface area contributed by atoms with Gasteiger partial charge in [-0.15, -0.1) is 11.3 Å². The normalized spacial score (nSPS) is 12.4. The standard InChI is InChI=1S/C12H13IN2OS/c1-16-10-5-3-2-4-9(10)12(15-14)8-6-11(13)17-7-8/h2-7,12,15H,14H2,1H3. The summed E-state index contributed by atoms with van der Waals surface area (Å²) in [6.45, 7) is 0. The van der Waals surface area contributed by atoms with Gasteiger partial charge in [0.05, 0.1) is 16.0 Å². The van der Waals surface area contributed by atoms with E-state index in [4.69, 9.17) is 10.6 Å². The summed E-state index contributed by atoms with van der Waals surface area (Å²) in [5, 5.41) is 2.11. The highest BCUT2D eigenvalue weighted by molar-refractivity contribution is 14.1. The molecule has 1 aromatic heterocycles. The van der Waals surface area contributed by atoms with Crippen LogP contribution in [0.15, 0.2) is 35.7 Å². The fourth-order valence-corrected chi connectivity index (χ4v) is 3.14. The van der Waals surface area contributed by atoms with Crippen molar-refractivity contribution >= 4 is 33.9 Å². The first-order chi connectivity index (χ1) is 8.26. The lowest BCUT2D eigenvalue weighted by Crippen LogP contribution is -2.28. The lowest BCUT2D eigenvalue weighted by Gasteiger charge is -2.18. The van der Waals surface area contributed by atoms with Crippen molar-refractivity contribution in [3.05, 3.63) is 49.7 Å². The Morgan fingerprint density at radius 2 is 2.18 bits per heavy atom. The number of para-hydroxylation sites is 1. The summed E-state index contributed by atoms with van der Waals surface area (Å²) in [6.07, 6.45) is 0. The largest absolute Gasteiger partial charge is 0.496 e. The van der Waals surface area contributed by atoms with Crippen molar-refractivity contribution in [1.82, 2.24) is 5.43 Å². The van der Waals surface area contributed by atoms with Crippen LogP contribution in [0.4, 0.5) is 0 Å². The molecule has 1 aromatic carbocycles. The molecule has 90 valence electrons. The molecule has 0 spiro atoms. The quantitative estimate of drug-likeness (QED) is 0.501. The number of ether oxygens (including phenoxy) is 1. The number of benzene rings is 1. The van der Waals surface area contributed by atoms with E-state index in [1.165, 1.54) is 2.88 Å². The van der Waals surface area contributed by atoms with Crippen molar-refractivity contribution in [1.29, 1.82) is 0 Å². The zero-order chi connectivity index (χ0) is 12.3. The summed E-state index contributed by atoms with van der Waals surface area (Å²) in [4.78, 5) is 0. The molecule has 0 saturated carbocycles. The maximum atomic E-state index is 5.67. The number of halogens is 1. The molecule has 0 saturated heterocycles. The van der Waals surface area contributed by atoms with E-state index in [1.807, 2.05) is 24.3 Å². The summed E-state index contributed by atoms with van der Waals surface area (Å²) in [5.74, 6) is 6.51. The highest BCUT2D eigenvalue weighted by Crippen LogP contribution is 2.31. The average Bonchev–Trinajstić information content (AvgIpc) is 2.77. The fourth-order valence-electron chi connectivity index (χ4n) is 1.75. The van der Waals surface area contributed by atoms with Crippen LogP contribution in [0, 0.1) is 2.88 Å². The molecule has 3 nitrogen and oxygen atoms in total. The molecule has 0 aliphatic carbocycles. The van der Waals surface area contributed by atoms with E-state index < -0.39 is 0 Å². The minimum Gasteiger partial charge on any atom is -0.496 e. The summed E-state index contributed by atoms with van der Waals surface area (Å²) in [6, 6.07) is 9.99. The highest BCUT2D eigenvalue weighted by atomic mass is 127. The van der Waals surface area contributed by atoms with Crippen LogP contribution in [-0.4, -0.2) is 7.11 Å². The first kappa shape index (κ1) is 12.8. The minimum atomic E-state index is -0.0362. The zero-order valence-electron chi connectivity index (χ0n) is 9.31. The van der Waals surface area contributed by atoms with Crippen molar-refractivity contribution in [2.24, 2.45) is 5.84 Å². The molecular formula is C12H13IN2OS. The Kier molecular flexibility index (Phi) is 4.38. The van der Waals surface area contributed by atoms with Crippen molar-refractivity contribution < 1.29 is 4.74 Å². The Balaban J connectivity index is 2.41. The third kappa shape index (κ3) is 2.79. The Morgan fingerprint density at radius 3 is 2.76 bits per heavy atom. The van der Waals surface area contributed by atoms with E-state index in [2.05, 4.69) is 39.5 Å². The summed E-state index contributed by atoms with van der Waals surface area (Å²) in [7, 11) is 1.67. The number of nitrogens with one attached hydrogen (secondary N) is 1. The Labute approximate surface area is 118 Å². The lowest BCUT2D eigenvalue weighted by atomic mass is 10.0. The average molecular weight is 360 g/mol. The smallest absolute Gasteiger partial charge is 0.124 e. The van der Waals surface area contributed by atoms with Gasteiger partial charge in [-0.3, -0.25) is 5.84 Å². The summed E-state index contributed by atoms with van der Waals surface area (Å²) in [5.41, 5.74) is 5.05. The van der Waals surface area contributed by atoms with E-state index in [-0.39, 0.29) is 6.04 Å². The second-order valence-electron chi connectivity index (χ2n) is 3.53. The number of hydrogen-bond acceptors (Lipinski definition) is 4. The van der Waals surface area contributed by atoms with E-state index in [1.54, 1.807) is 18.4 Å². The van der Waals surface area contributed by atoms with Gasteiger partial charge in [0.15, 0.2) is 0 Å². The molecule has 1 atom stereocenters. The van der Waals surface area contributed by atoms with Gasteiger partial charge >= 0.3 is 0 Å². The molecule has 0 fully saturated rings. The molecular weight excluding hydrogens is 347 g/mol. The van der Waals surface area contributed by atoms with E-state index >= 15 is 0 Å². The van der Waals surface area contributed by atoms with Crippen molar-refractivity contribution in [3.63, 3.8) is 0 Å². The van der Waals surface area contributed by atoms with Gasteiger partial charge in [0.25, 0.3) is 0 Å². The van der Waals surface area contributed by atoms with Gasteiger partial charge in [-0.25, -0.2) is 5.43 Å². The number of methoxy groups -OCH3 is 1. The number of nitrogens with two attached hydrogens (primary N) is 1. The molecule has 0 radical (unpaired) electrons. The zero-order valence-corrected chi connectivity index (χ0v) is 12.3. The van der Waals surface area contributed by atoms with Crippen LogP contribution in [0.2, 0.25) is 0 Å². The maximum Gasteiger partial charge on any atom is 0.124 e. The molecule has 5 heteroatoms. The second kappa shape index (κ2) is 5.81. The van der Waals surface area contributed by atoms with Crippen LogP contribution in [0.25, 0.3) is 0 Å². The van der Waals surface area contributed by atoms with Crippen LogP contribution in [0.5, 0.6) is 5.75 Å². The fraction of sp³-hybridized carbons (Fsp3) is 0.167. The van der Waals surface area contributed by atoms with Gasteiger partial charge < -0.3 is 4.74 Å². The number of hydrogen-bond donors (Lipinski definition) is 2. The highest BCUT2D eigenvalue weighted by Gasteiger charge is 2.17. The topological polar surface area (TPSA) is 47.3 Å². The predicted octanol–water partition coefficient (Wildman–Crippen LogP) is 2.91. The molecule has 0 bridgehead atoms. The number of thiophene rings is 1. The van der Waals surface area contributed by atoms with Crippen LogP contribution in [0.1, 0.15) is 17.2 Å². The third-order valence-corrected chi connectivity index (χ3v) is 4.34. The number of rotatable bonds is 4. The third-order valence-electron chi connectivity index (χ3n) is 2.54. The first-order valence-corrected chi connectivity index (χ1v) is 7.05. The van der Waals surface area contributed by atoms with Gasteiger partial charge in [-0.1, -0.05) is 18.2 Å². The van der Waals surface area contributed by atoms with Crippen LogP contribution >= 0.6 is 33.9 Å². The molecule has 0 aliphatic rings. The monoisotopic (exact) mass is 360 g/mol. The SMILES string of the molecule is COc1ccccc1C(NN)c1csc(I)c1. The van der Waals surface area contributed by atoms with Gasteiger partial charge in [-0.2, -0.15) is 0 Å². The van der Waals surface area contributed by atoms with E-state index in [0.717, 1.165) is 16.9 Å². The molecule has 1 unspecified atom stereocenters. The minimum absolute atomic E-state index is 0.0362. The lowest BCUT2D eigenvalue weighted by molar-refractivity contribution is 0.404. The summed E-state index contributed by atoms with van der Waals surface area (Å²) < 4.78 is 6.61. The predicted molar refractivity (Wildman–Crippen MR) is 79.2 cm³/mol. The Bertz CT molecular complexity index is 501. The van der Waals surface area contributed by atoms with Crippen LogP contribution < -0.4 is 16.0 Å². The van der Waals surface area contributed by atoms with Crippen molar-refractivity contribution in [2.75, 3.05) is 7.11 Å². The molecule has 1 heterocycles. The molecule has 3 N–H and O–H groups in total. The van der Waals surface area contributed by atoms with Crippen LogP contribution in [-0.2, 0) is 0 Å². The molecule has 17 heavy (non-hydrogen) atoms. The van der Waals surface area contributed by atoms with Gasteiger partial charge in [0, 0.05) is 5.56 Å². The van der Waals surface area contributed by atoms with Crippen molar-refractivity contribution in [2.45, 2.75) is 6.04 Å². The van der Waals surface area contributed by atoms with Crippen LogP contribution in [0.3, 0.4) is 0 Å². The van der Waals surface area contributed by atoms with Gasteiger partial charge in [-0.05, 0) is 45.7 Å². The maximum absolute atomic E-state index is 5.67. The first-order valence-electron chi connectivity index (χ1n) is 5.09. The van der Waals surface area contributed by atoms with E-state index in [9.17, 15) is 0 Å². The van der Waals surface area contributed by atoms with Gasteiger partial charge in [0.1, 0.15) is 5.75 Å². The molecule has 0 aliphatic heterocycles. The Morgan fingerprint density at radius 1 is 1.41 bits per heavy atom. The number of hydrazine groups is 1. The molecule has 2 aromatic rings. The Hall–Kier alpha value is -0.630. The molecule has 0 amide bonds. The summed E-state index contributed by atoms with van der Waals surface area (Å²) >= 11 is 4.01. The van der Waals surface area contributed by atoms with Crippen molar-refractivity contribution in [3.8, 4) is 5.75 Å². The van der Waals surface area contributed by atoms with E-state index in [0.29, 0.717) is 0 Å². The second-order valence-corrected chi connectivity index (χ2v) is 6.33.